The lowest BCUT2D eigenvalue weighted by Crippen LogP contribution is -2.26. The number of nitrogens with zero attached hydrogens (tertiary/aromatic N) is 1. The van der Waals surface area contributed by atoms with Crippen LogP contribution in [-0.2, 0) is 16.0 Å². The van der Waals surface area contributed by atoms with Crippen LogP contribution in [0.3, 0.4) is 0 Å². The van der Waals surface area contributed by atoms with Crippen molar-refractivity contribution in [2.45, 2.75) is 45.2 Å². The Morgan fingerprint density at radius 3 is 2.53 bits per heavy atom. The highest BCUT2D eigenvalue weighted by Crippen LogP contribution is 2.28. The van der Waals surface area contributed by atoms with E-state index in [1.54, 1.807) is 12.1 Å². The fraction of sp³-hybridized carbons (Fsp3) is 0.417. The molecule has 0 amide bonds. The Morgan fingerprint density at radius 2 is 1.90 bits per heavy atom. The van der Waals surface area contributed by atoms with Crippen LogP contribution in [0.4, 0.5) is 11.4 Å². The van der Waals surface area contributed by atoms with Gasteiger partial charge in [0.1, 0.15) is 0 Å². The predicted octanol–water partition coefficient (Wildman–Crippen LogP) is 5.14. The largest absolute Gasteiger partial charge is 0.464 e. The topological polar surface area (TPSA) is 74.1 Å². The number of nitrogens with one attached hydrogen (secondary N) is 2. The lowest BCUT2D eigenvalue weighted by molar-refractivity contribution is -0.144. The van der Waals surface area contributed by atoms with E-state index in [0.717, 1.165) is 36.2 Å². The summed E-state index contributed by atoms with van der Waals surface area (Å²) in [5.74, 6) is 2.06. The van der Waals surface area contributed by atoms with Crippen LogP contribution in [0.25, 0.3) is 0 Å². The number of rotatable bonds is 8. The van der Waals surface area contributed by atoms with Crippen molar-refractivity contribution in [1.82, 2.24) is 0 Å². The van der Waals surface area contributed by atoms with Gasteiger partial charge in [-0.2, -0.15) is 17.0 Å². The highest BCUT2D eigenvalue weighted by atomic mass is 32.2. The van der Waals surface area contributed by atoms with Gasteiger partial charge in [-0.15, -0.1) is 0 Å². The third-order valence-electron chi connectivity index (χ3n) is 5.20. The van der Waals surface area contributed by atoms with Crippen molar-refractivity contribution in [2.24, 2.45) is 0 Å². The molecule has 0 bridgehead atoms. The molecule has 3 rings (SSSR count). The van der Waals surface area contributed by atoms with E-state index >= 15 is 0 Å². The van der Waals surface area contributed by atoms with Crippen molar-refractivity contribution in [3.63, 3.8) is 0 Å². The molecule has 2 aromatic carbocycles. The normalized spacial score (nSPS) is 15.1. The molecule has 1 aliphatic heterocycles. The zero-order valence-corrected chi connectivity index (χ0v) is 18.4. The summed E-state index contributed by atoms with van der Waals surface area (Å²) < 4.78 is 5.36. The van der Waals surface area contributed by atoms with Crippen LogP contribution >= 0.6 is 11.8 Å². The van der Waals surface area contributed by atoms with Crippen molar-refractivity contribution in [1.29, 1.82) is 5.26 Å². The Bertz CT molecular complexity index is 886. The van der Waals surface area contributed by atoms with Crippen LogP contribution in [0.5, 0.6) is 0 Å². The number of nitriles is 1. The van der Waals surface area contributed by atoms with Crippen LogP contribution in [0.1, 0.15) is 49.4 Å². The highest BCUT2D eigenvalue weighted by molar-refractivity contribution is 7.99. The number of aryl methyl sites for hydroxylation is 1. The number of hydrogen-bond donors (Lipinski definition) is 2. The summed E-state index contributed by atoms with van der Waals surface area (Å²) in [5.41, 5.74) is 4.46. The van der Waals surface area contributed by atoms with Gasteiger partial charge >= 0.3 is 5.97 Å². The Hall–Kier alpha value is -2.65. The number of ether oxygens (including phenoxy) is 1. The second-order valence-corrected chi connectivity index (χ2v) is 8.59. The molecule has 1 aliphatic rings. The van der Waals surface area contributed by atoms with Crippen molar-refractivity contribution in [3.05, 3.63) is 59.2 Å². The molecule has 1 atom stereocenters. The molecule has 0 spiro atoms. The van der Waals surface area contributed by atoms with Gasteiger partial charge in [-0.25, -0.2) is 4.79 Å². The number of hydrogen-bond acceptors (Lipinski definition) is 6. The van der Waals surface area contributed by atoms with E-state index < -0.39 is 6.04 Å². The van der Waals surface area contributed by atoms with Crippen LogP contribution in [0.2, 0.25) is 0 Å². The maximum absolute atomic E-state index is 12.8. The van der Waals surface area contributed by atoms with Gasteiger partial charge in [0.2, 0.25) is 0 Å². The van der Waals surface area contributed by atoms with Crippen LogP contribution in [0, 0.1) is 11.3 Å². The molecule has 158 valence electrons. The molecule has 1 heterocycles. The van der Waals surface area contributed by atoms with Crippen LogP contribution < -0.4 is 10.6 Å². The quantitative estimate of drug-likeness (QED) is 0.573. The minimum atomic E-state index is -0.619. The maximum Gasteiger partial charge on any atom is 0.333 e. The maximum atomic E-state index is 12.8. The first-order valence-corrected chi connectivity index (χ1v) is 11.7. The van der Waals surface area contributed by atoms with Crippen molar-refractivity contribution >= 4 is 29.1 Å². The third kappa shape index (κ3) is 5.93. The lowest BCUT2D eigenvalue weighted by atomic mass is 10.00. The second kappa shape index (κ2) is 10.9. The Morgan fingerprint density at radius 1 is 1.17 bits per heavy atom. The standard InChI is InChI=1S/C24H29N3O2S/c1-3-17-13-19(15-22(14-17)26-21-9-11-30-12-10-21)23(24(28)29-4-2)27-20-7-5-18(16-25)6-8-20/h5-8,13-15,21,23,26-27H,3-4,9-12H2,1-2H3. The smallest absolute Gasteiger partial charge is 0.333 e. The molecular weight excluding hydrogens is 394 g/mol. The zero-order chi connectivity index (χ0) is 21.3. The summed E-state index contributed by atoms with van der Waals surface area (Å²) in [6.45, 7) is 4.25. The first-order valence-electron chi connectivity index (χ1n) is 10.5. The van der Waals surface area contributed by atoms with E-state index in [-0.39, 0.29) is 5.97 Å². The van der Waals surface area contributed by atoms with E-state index in [1.807, 2.05) is 30.8 Å². The van der Waals surface area contributed by atoms with Gasteiger partial charge in [0.15, 0.2) is 6.04 Å². The second-order valence-electron chi connectivity index (χ2n) is 7.37. The first-order chi connectivity index (χ1) is 14.6. The van der Waals surface area contributed by atoms with Gasteiger partial charge in [0.25, 0.3) is 0 Å². The average molecular weight is 424 g/mol. The summed E-state index contributed by atoms with van der Waals surface area (Å²) in [7, 11) is 0. The highest BCUT2D eigenvalue weighted by Gasteiger charge is 2.23. The SMILES string of the molecule is CCOC(=O)C(Nc1ccc(C#N)cc1)c1cc(CC)cc(NC2CCSCC2)c1. The van der Waals surface area contributed by atoms with Crippen LogP contribution in [0.15, 0.2) is 42.5 Å². The molecule has 0 aromatic heterocycles. The lowest BCUT2D eigenvalue weighted by Gasteiger charge is -2.25. The van der Waals surface area contributed by atoms with E-state index in [9.17, 15) is 4.79 Å². The zero-order valence-electron chi connectivity index (χ0n) is 17.6. The Labute approximate surface area is 183 Å². The van der Waals surface area contributed by atoms with E-state index in [1.165, 1.54) is 17.1 Å². The molecule has 1 unspecified atom stereocenters. The molecule has 2 aromatic rings. The molecule has 0 radical (unpaired) electrons. The molecule has 6 heteroatoms. The van der Waals surface area contributed by atoms with Gasteiger partial charge < -0.3 is 15.4 Å². The monoisotopic (exact) mass is 423 g/mol. The fourth-order valence-corrected chi connectivity index (χ4v) is 4.67. The van der Waals surface area contributed by atoms with Gasteiger partial charge in [-0.05, 0) is 85.2 Å². The van der Waals surface area contributed by atoms with Gasteiger partial charge in [-0.3, -0.25) is 0 Å². The predicted molar refractivity (Wildman–Crippen MR) is 124 cm³/mol. The summed E-state index contributed by atoms with van der Waals surface area (Å²) in [6.07, 6.45) is 3.19. The third-order valence-corrected chi connectivity index (χ3v) is 6.24. The number of benzene rings is 2. The molecule has 1 fully saturated rings. The summed E-state index contributed by atoms with van der Waals surface area (Å²) in [5, 5.41) is 16.0. The molecule has 0 aliphatic carbocycles. The van der Waals surface area contributed by atoms with Crippen LogP contribution in [-0.4, -0.2) is 30.1 Å². The summed E-state index contributed by atoms with van der Waals surface area (Å²) >= 11 is 2.01. The Balaban J connectivity index is 1.89. The molecule has 1 saturated heterocycles. The number of carbonyl (C=O) groups is 1. The van der Waals surface area contributed by atoms with Gasteiger partial charge in [0.05, 0.1) is 18.2 Å². The Kier molecular flexibility index (Phi) is 8.04. The molecule has 2 N–H and O–H groups in total. The van der Waals surface area contributed by atoms with E-state index in [2.05, 4.69) is 41.8 Å². The number of esters is 1. The average Bonchev–Trinajstić information content (AvgIpc) is 2.78. The van der Waals surface area contributed by atoms with Crippen molar-refractivity contribution in [3.8, 4) is 6.07 Å². The van der Waals surface area contributed by atoms with E-state index in [0.29, 0.717) is 18.2 Å². The summed E-state index contributed by atoms with van der Waals surface area (Å²) in [4.78, 5) is 12.8. The number of anilines is 2. The molecule has 5 nitrogen and oxygen atoms in total. The number of carbonyl (C=O) groups excluding carboxylic acids is 1. The van der Waals surface area contributed by atoms with Gasteiger partial charge in [-0.1, -0.05) is 13.0 Å². The van der Waals surface area contributed by atoms with Gasteiger partial charge in [0, 0.05) is 17.4 Å². The van der Waals surface area contributed by atoms with E-state index in [4.69, 9.17) is 10.00 Å². The van der Waals surface area contributed by atoms with Crippen molar-refractivity contribution < 1.29 is 9.53 Å². The summed E-state index contributed by atoms with van der Waals surface area (Å²) in [6, 6.07) is 15.4. The fourth-order valence-electron chi connectivity index (χ4n) is 3.56. The first kappa shape index (κ1) is 22.0. The molecular formula is C24H29N3O2S. The molecule has 30 heavy (non-hydrogen) atoms. The molecule has 0 saturated carbocycles. The van der Waals surface area contributed by atoms with Crippen molar-refractivity contribution in [2.75, 3.05) is 28.7 Å². The number of thioether (sulfide) groups is 1. The minimum Gasteiger partial charge on any atom is -0.464 e. The minimum absolute atomic E-state index is 0.310.